The Labute approximate surface area is 606 Å². The van der Waals surface area contributed by atoms with Gasteiger partial charge in [0.15, 0.2) is 11.6 Å². The van der Waals surface area contributed by atoms with E-state index in [2.05, 4.69) is 94.8 Å². The molecule has 3 fully saturated rings. The minimum absolute atomic E-state index is 0. The van der Waals surface area contributed by atoms with Gasteiger partial charge in [0.2, 0.25) is 11.8 Å². The average molecular weight is 1580 g/mol. The molecule has 3 aliphatic rings. The Kier molecular flexibility index (Phi) is 33.3. The van der Waals surface area contributed by atoms with E-state index in [1.54, 1.807) is 77.9 Å². The van der Waals surface area contributed by atoms with Gasteiger partial charge in [-0.2, -0.15) is 0 Å². The lowest BCUT2D eigenvalue weighted by atomic mass is 9.96. The summed E-state index contributed by atoms with van der Waals surface area (Å²) >= 11 is 28.3. The van der Waals surface area contributed by atoms with E-state index in [0.717, 1.165) is 96.0 Å². The number of hydrogen-bond donors (Lipinski definition) is 7. The van der Waals surface area contributed by atoms with Crippen LogP contribution in [0.4, 0.5) is 0 Å². The smallest absolute Gasteiger partial charge is 0.306 e. The van der Waals surface area contributed by atoms with E-state index in [9.17, 15) is 44.1 Å². The topological polar surface area (TPSA) is 233 Å². The van der Waals surface area contributed by atoms with Crippen LogP contribution < -0.4 is 16.4 Å². The molecule has 0 spiro atoms. The Balaban J connectivity index is 0.000000239. The largest absolute Gasteiger partial charge is 0.507 e. The molecule has 8 N–H and O–H groups in total. The van der Waals surface area contributed by atoms with Crippen LogP contribution in [-0.2, 0) is 67.3 Å². The number of ketones is 3. The Bertz CT molecular complexity index is 3400. The zero-order chi connectivity index (χ0) is 68.9. The van der Waals surface area contributed by atoms with Gasteiger partial charge in [0.1, 0.15) is 23.0 Å². The zero-order valence-corrected chi connectivity index (χ0v) is 62.7. The molecule has 0 saturated heterocycles. The maximum absolute atomic E-state index is 12.7. The second-order valence-corrected chi connectivity index (χ2v) is 29.9. The number of Topliss-reactive ketones (excluding diaryl/α,β-unsaturated/α-hetero) is 3. The molecule has 0 unspecified atom stereocenters. The summed E-state index contributed by atoms with van der Waals surface area (Å²) in [5.74, 6) is 1.14. The van der Waals surface area contributed by atoms with Crippen LogP contribution >= 0.6 is 95.0 Å². The van der Waals surface area contributed by atoms with E-state index in [4.69, 9.17) is 45.6 Å². The molecular formula is C75H90Br3Cl4N3O10. The Morgan fingerprint density at radius 2 is 0.737 bits per heavy atom. The fourth-order valence-electron chi connectivity index (χ4n) is 12.6. The van der Waals surface area contributed by atoms with Crippen molar-refractivity contribution in [2.45, 2.75) is 175 Å². The molecule has 514 valence electrons. The number of aliphatic carboxylic acids is 1. The maximum Gasteiger partial charge on any atom is 0.306 e. The van der Waals surface area contributed by atoms with Crippen LogP contribution in [0.3, 0.4) is 0 Å². The number of hydrogen-bond acceptors (Lipinski definition) is 10. The van der Waals surface area contributed by atoms with Crippen LogP contribution in [0.15, 0.2) is 123 Å². The number of benzene rings is 6. The molecule has 2 amide bonds. The SMILES string of the molecule is Cc1cc(Cl)cc(CCC(=O)[C@H](C)N)c1O.Cc1cc(Cl)cc(CCC(=O)[C@H](C)NC(=O)[C@@H]2CC[C@@H](Cc3ccc(Br)cc3)C2)c1O.Cc1cc(Cl)cc(CCC(=O)[C@H](C)NC(=O)[C@@H]2CC[C@@H](Cc3ccc(Br)cc3)C2)c1O.Cl.O=C(O)[C@@H]1CC[C@@H](Cc2ccc(Br)cc2)C1. The van der Waals surface area contributed by atoms with Crippen LogP contribution in [-0.4, -0.2) is 73.7 Å². The van der Waals surface area contributed by atoms with Crippen molar-refractivity contribution in [1.82, 2.24) is 10.6 Å². The molecular weight excluding hydrogens is 1480 g/mol. The third kappa shape index (κ3) is 26.5. The third-order valence-electron chi connectivity index (χ3n) is 18.2. The fourth-order valence-corrected chi connectivity index (χ4v) is 14.3. The van der Waals surface area contributed by atoms with Crippen molar-refractivity contribution in [2.24, 2.45) is 41.2 Å². The quantitative estimate of drug-likeness (QED) is 0.0319. The average Bonchev–Trinajstić information content (AvgIpc) is 1.96. The summed E-state index contributed by atoms with van der Waals surface area (Å²) in [6.45, 7) is 10.5. The van der Waals surface area contributed by atoms with E-state index in [-0.39, 0.29) is 89.4 Å². The summed E-state index contributed by atoms with van der Waals surface area (Å²) in [7, 11) is 0. The molecule has 0 aromatic heterocycles. The van der Waals surface area contributed by atoms with Crippen LogP contribution in [0.2, 0.25) is 15.1 Å². The summed E-state index contributed by atoms with van der Waals surface area (Å²) < 4.78 is 3.23. The van der Waals surface area contributed by atoms with Gasteiger partial charge in [-0.25, -0.2) is 0 Å². The first-order chi connectivity index (χ1) is 44.5. The zero-order valence-electron chi connectivity index (χ0n) is 54.8. The number of aryl methyl sites for hydroxylation is 6. The van der Waals surface area contributed by atoms with Crippen LogP contribution in [0.1, 0.15) is 148 Å². The maximum atomic E-state index is 12.7. The second-order valence-electron chi connectivity index (χ2n) is 25.8. The molecule has 20 heteroatoms. The molecule has 9 rings (SSSR count). The van der Waals surface area contributed by atoms with Crippen molar-refractivity contribution in [3.8, 4) is 17.2 Å². The number of carbonyl (C=O) groups is 6. The van der Waals surface area contributed by atoms with Crippen LogP contribution in [0.25, 0.3) is 0 Å². The highest BCUT2D eigenvalue weighted by Gasteiger charge is 2.34. The highest BCUT2D eigenvalue weighted by Crippen LogP contribution is 2.37. The molecule has 6 aromatic carbocycles. The van der Waals surface area contributed by atoms with Gasteiger partial charge < -0.3 is 36.8 Å². The predicted molar refractivity (Wildman–Crippen MR) is 393 cm³/mol. The fraction of sp³-hybridized carbons (Fsp3) is 0.440. The Hall–Kier alpha value is -5.30. The van der Waals surface area contributed by atoms with Crippen molar-refractivity contribution in [3.63, 3.8) is 0 Å². The van der Waals surface area contributed by atoms with Gasteiger partial charge in [0.25, 0.3) is 0 Å². The van der Waals surface area contributed by atoms with Gasteiger partial charge in [-0.15, -0.1) is 12.4 Å². The number of rotatable bonds is 23. The van der Waals surface area contributed by atoms with Crippen molar-refractivity contribution < 1.29 is 49.2 Å². The predicted octanol–water partition coefficient (Wildman–Crippen LogP) is 17.7. The first-order valence-corrected chi connectivity index (χ1v) is 35.9. The normalized spacial score (nSPS) is 18.8. The summed E-state index contributed by atoms with van der Waals surface area (Å²) in [4.78, 5) is 72.7. The van der Waals surface area contributed by atoms with Crippen molar-refractivity contribution >= 4 is 130 Å². The van der Waals surface area contributed by atoms with E-state index in [0.29, 0.717) is 86.3 Å². The summed E-state index contributed by atoms with van der Waals surface area (Å²) in [6, 6.07) is 33.6. The minimum atomic E-state index is -0.627. The Morgan fingerprint density at radius 1 is 0.463 bits per heavy atom. The summed E-state index contributed by atoms with van der Waals surface area (Å²) in [5.41, 5.74) is 13.4. The molecule has 0 heterocycles. The van der Waals surface area contributed by atoms with Crippen molar-refractivity contribution in [3.05, 3.63) is 188 Å². The number of nitrogens with one attached hydrogen (secondary N) is 2. The number of amides is 2. The van der Waals surface area contributed by atoms with Crippen LogP contribution in [0.5, 0.6) is 17.2 Å². The van der Waals surface area contributed by atoms with E-state index in [1.807, 2.05) is 36.4 Å². The standard InChI is InChI=1S/2C25H29BrClNO3.C13H15BrO2.C12H16ClNO2.ClH/c2*1-15-11-22(27)14-19(24(15)30)7-10-23(29)16(2)28-25(31)20-6-3-18(13-20)12-17-4-8-21(26)9-5-17;14-12-5-2-9(3-6-12)7-10-1-4-11(8-10)13(15)16;1-7-5-10(13)6-9(12(7)16)3-4-11(15)8(2)14;/h2*4-5,8-9,11,14,16,18,20,30H,3,6-7,10,12-13H2,1-2H3,(H,28,31);2-3,5-6,10-11H,1,4,7-8H2,(H,15,16);5-6,8,16H,3-4,14H2,1-2H3;1H/t2*16-,18-,20+;10-,11+;8-;/m0000./s1. The lowest BCUT2D eigenvalue weighted by Gasteiger charge is -2.17. The third-order valence-corrected chi connectivity index (χ3v) is 20.4. The number of phenols is 3. The molecule has 3 saturated carbocycles. The molecule has 0 aliphatic heterocycles. The number of nitrogens with two attached hydrogens (primary N) is 1. The van der Waals surface area contributed by atoms with E-state index in [1.165, 1.54) is 16.7 Å². The Morgan fingerprint density at radius 3 is 1.01 bits per heavy atom. The molecule has 13 nitrogen and oxygen atoms in total. The molecule has 6 aromatic rings. The van der Waals surface area contributed by atoms with Crippen molar-refractivity contribution in [1.29, 1.82) is 0 Å². The molecule has 95 heavy (non-hydrogen) atoms. The number of halogens is 7. The number of phenolic OH excluding ortho intramolecular Hbond substituents is 3. The number of carboxylic acid groups (broad SMARTS) is 1. The van der Waals surface area contributed by atoms with E-state index >= 15 is 0 Å². The van der Waals surface area contributed by atoms with Crippen molar-refractivity contribution in [2.75, 3.05) is 0 Å². The molecule has 9 atom stereocenters. The molecule has 0 bridgehead atoms. The highest BCUT2D eigenvalue weighted by atomic mass is 79.9. The van der Waals surface area contributed by atoms with Gasteiger partial charge in [-0.05, 0) is 278 Å². The van der Waals surface area contributed by atoms with E-state index < -0.39 is 24.1 Å². The van der Waals surface area contributed by atoms with Gasteiger partial charge in [-0.1, -0.05) is 119 Å². The monoisotopic (exact) mass is 1570 g/mol. The second kappa shape index (κ2) is 39.3. The van der Waals surface area contributed by atoms with Gasteiger partial charge >= 0.3 is 5.97 Å². The van der Waals surface area contributed by atoms with Crippen LogP contribution in [0, 0.1) is 56.3 Å². The highest BCUT2D eigenvalue weighted by molar-refractivity contribution is 9.11. The molecule has 0 radical (unpaired) electrons. The summed E-state index contributed by atoms with van der Waals surface area (Å²) in [6.07, 6.45) is 13.3. The lowest BCUT2D eigenvalue weighted by molar-refractivity contribution is -0.141. The first kappa shape index (κ1) is 80.4. The lowest BCUT2D eigenvalue weighted by Crippen LogP contribution is -2.41. The molecule has 3 aliphatic carbocycles. The number of carbonyl (C=O) groups excluding carboxylic acids is 5. The summed E-state index contributed by atoms with van der Waals surface area (Å²) in [5, 5.41) is 46.5. The number of carboxylic acids is 1. The first-order valence-electron chi connectivity index (χ1n) is 32.4. The number of aromatic hydroxyl groups is 3. The van der Waals surface area contributed by atoms with Gasteiger partial charge in [0.05, 0.1) is 24.0 Å². The van der Waals surface area contributed by atoms with Gasteiger partial charge in [-0.3, -0.25) is 28.8 Å². The van der Waals surface area contributed by atoms with Gasteiger partial charge in [0, 0.05) is 59.6 Å². The minimum Gasteiger partial charge on any atom is -0.507 e.